The van der Waals surface area contributed by atoms with Crippen molar-refractivity contribution >= 4 is 28.9 Å². The van der Waals surface area contributed by atoms with Gasteiger partial charge in [-0.2, -0.15) is 10.1 Å². The molecule has 0 fully saturated rings. The fourth-order valence-corrected chi connectivity index (χ4v) is 4.12. The first-order valence-electron chi connectivity index (χ1n) is 11.9. The normalized spacial score (nSPS) is 12.7. The smallest absolute Gasteiger partial charge is 0.247 e. The van der Waals surface area contributed by atoms with Crippen LogP contribution >= 0.6 is 0 Å². The van der Waals surface area contributed by atoms with Gasteiger partial charge in [0.25, 0.3) is 0 Å². The second kappa shape index (κ2) is 11.2. The van der Waals surface area contributed by atoms with E-state index >= 15 is 0 Å². The van der Waals surface area contributed by atoms with Crippen LogP contribution in [-0.4, -0.2) is 76.9 Å². The molecule has 0 atom stereocenters. The number of likely N-dealkylation sites (N-methyl/N-ethyl adjacent to an activating group) is 2. The molecule has 1 amide bonds. The summed E-state index contributed by atoms with van der Waals surface area (Å²) in [6.45, 7) is 6.09. The first-order chi connectivity index (χ1) is 17.4. The van der Waals surface area contributed by atoms with Crippen LogP contribution < -0.4 is 20.3 Å². The Morgan fingerprint density at radius 1 is 1.19 bits per heavy atom. The van der Waals surface area contributed by atoms with E-state index in [1.54, 1.807) is 7.11 Å². The minimum Gasteiger partial charge on any atom is -0.494 e. The Bertz CT molecular complexity index is 1240. The van der Waals surface area contributed by atoms with Crippen molar-refractivity contribution in [2.75, 3.05) is 56.9 Å². The molecule has 11 heteroatoms. The Labute approximate surface area is 211 Å². The molecule has 190 valence electrons. The van der Waals surface area contributed by atoms with Crippen molar-refractivity contribution in [2.45, 2.75) is 25.8 Å². The van der Waals surface area contributed by atoms with E-state index in [-0.39, 0.29) is 5.91 Å². The molecular formula is C25H33N9O2. The van der Waals surface area contributed by atoms with E-state index in [4.69, 9.17) is 4.74 Å². The number of carbonyl (C=O) groups excluding carboxylic acids is 1. The standard InChI is InChI=1S/C25H33N9O2/c1-6-23(35)29-18-13-19(22(36-5)14-21(18)33(4)12-11-32(2)3)30-25-27-16-26-24(31-25)17-15-28-34-10-8-7-9-20(17)34/h6,13-16H,1,7-12H2,2-5H3,(H,29,35)(H,26,27,30,31). The Kier molecular flexibility index (Phi) is 7.79. The summed E-state index contributed by atoms with van der Waals surface area (Å²) in [6.07, 6.45) is 7.75. The lowest BCUT2D eigenvalue weighted by atomic mass is 10.1. The van der Waals surface area contributed by atoms with Gasteiger partial charge >= 0.3 is 0 Å². The Hall–Kier alpha value is -3.99. The lowest BCUT2D eigenvalue weighted by Crippen LogP contribution is -2.29. The molecule has 0 bridgehead atoms. The predicted octanol–water partition coefficient (Wildman–Crippen LogP) is 2.95. The van der Waals surface area contributed by atoms with Gasteiger partial charge in [-0.25, -0.2) is 9.97 Å². The van der Waals surface area contributed by atoms with Crippen LogP contribution in [-0.2, 0) is 17.8 Å². The molecule has 0 saturated carbocycles. The molecule has 2 N–H and O–H groups in total. The molecule has 2 aromatic heterocycles. The minimum atomic E-state index is -0.304. The van der Waals surface area contributed by atoms with E-state index in [1.807, 2.05) is 44.2 Å². The van der Waals surface area contributed by atoms with Gasteiger partial charge in [-0.3, -0.25) is 9.48 Å². The van der Waals surface area contributed by atoms with E-state index < -0.39 is 0 Å². The summed E-state index contributed by atoms with van der Waals surface area (Å²) in [7, 11) is 7.61. The number of carbonyl (C=O) groups is 1. The number of fused-ring (bicyclic) bond motifs is 1. The molecule has 0 unspecified atom stereocenters. The Morgan fingerprint density at radius 3 is 2.78 bits per heavy atom. The van der Waals surface area contributed by atoms with E-state index in [0.717, 1.165) is 55.8 Å². The number of benzene rings is 1. The molecule has 0 aliphatic carbocycles. The molecule has 1 aromatic carbocycles. The summed E-state index contributed by atoms with van der Waals surface area (Å²) in [5.41, 5.74) is 4.11. The highest BCUT2D eigenvalue weighted by molar-refractivity contribution is 6.02. The first kappa shape index (κ1) is 25.1. The summed E-state index contributed by atoms with van der Waals surface area (Å²) in [5, 5.41) is 10.6. The van der Waals surface area contributed by atoms with Crippen LogP contribution in [0, 0.1) is 0 Å². The molecule has 0 saturated heterocycles. The van der Waals surface area contributed by atoms with E-state index in [1.165, 1.54) is 12.4 Å². The second-order valence-electron chi connectivity index (χ2n) is 8.93. The van der Waals surface area contributed by atoms with Crippen LogP contribution in [0.1, 0.15) is 18.5 Å². The maximum absolute atomic E-state index is 12.2. The van der Waals surface area contributed by atoms with Crippen molar-refractivity contribution in [3.8, 4) is 17.1 Å². The van der Waals surface area contributed by atoms with E-state index in [9.17, 15) is 4.79 Å². The van der Waals surface area contributed by atoms with Crippen LogP contribution in [0.15, 0.2) is 37.3 Å². The summed E-state index contributed by atoms with van der Waals surface area (Å²) in [5.74, 6) is 1.21. The van der Waals surface area contributed by atoms with Crippen LogP contribution in [0.3, 0.4) is 0 Å². The van der Waals surface area contributed by atoms with Gasteiger partial charge in [-0.05, 0) is 45.5 Å². The zero-order valence-corrected chi connectivity index (χ0v) is 21.3. The average Bonchev–Trinajstić information content (AvgIpc) is 3.32. The third-order valence-electron chi connectivity index (χ3n) is 6.10. The van der Waals surface area contributed by atoms with Crippen LogP contribution in [0.4, 0.5) is 23.0 Å². The van der Waals surface area contributed by atoms with Gasteiger partial charge in [-0.15, -0.1) is 0 Å². The molecule has 0 spiro atoms. The third kappa shape index (κ3) is 5.62. The van der Waals surface area contributed by atoms with Gasteiger partial charge in [0.15, 0.2) is 5.82 Å². The number of amides is 1. The van der Waals surface area contributed by atoms with Crippen LogP contribution in [0.2, 0.25) is 0 Å². The van der Waals surface area contributed by atoms with E-state index in [0.29, 0.717) is 28.9 Å². The van der Waals surface area contributed by atoms with Crippen molar-refractivity contribution in [3.63, 3.8) is 0 Å². The number of hydrogen-bond acceptors (Lipinski definition) is 9. The largest absolute Gasteiger partial charge is 0.494 e. The summed E-state index contributed by atoms with van der Waals surface area (Å²) < 4.78 is 7.71. The van der Waals surface area contributed by atoms with Crippen molar-refractivity contribution in [1.29, 1.82) is 0 Å². The van der Waals surface area contributed by atoms with Crippen molar-refractivity contribution < 1.29 is 9.53 Å². The number of nitrogens with zero attached hydrogens (tertiary/aromatic N) is 7. The van der Waals surface area contributed by atoms with Crippen molar-refractivity contribution in [2.24, 2.45) is 0 Å². The first-order valence-corrected chi connectivity index (χ1v) is 11.9. The zero-order chi connectivity index (χ0) is 25.7. The highest BCUT2D eigenvalue weighted by Gasteiger charge is 2.20. The summed E-state index contributed by atoms with van der Waals surface area (Å²) >= 11 is 0. The fourth-order valence-electron chi connectivity index (χ4n) is 4.12. The number of rotatable bonds is 10. The van der Waals surface area contributed by atoms with Gasteiger partial charge in [0.2, 0.25) is 11.9 Å². The number of aromatic nitrogens is 5. The molecule has 4 rings (SSSR count). The number of methoxy groups -OCH3 is 1. The van der Waals surface area contributed by atoms with Crippen LogP contribution in [0.25, 0.3) is 11.4 Å². The summed E-state index contributed by atoms with van der Waals surface area (Å²) in [4.78, 5) is 29.7. The number of ether oxygens (including phenoxy) is 1. The highest BCUT2D eigenvalue weighted by Crippen LogP contribution is 2.38. The van der Waals surface area contributed by atoms with Gasteiger partial charge in [0, 0.05) is 38.4 Å². The van der Waals surface area contributed by atoms with Crippen LogP contribution in [0.5, 0.6) is 5.75 Å². The number of aryl methyl sites for hydroxylation is 1. The lowest BCUT2D eigenvalue weighted by Gasteiger charge is -2.26. The maximum atomic E-state index is 12.2. The van der Waals surface area contributed by atoms with Crippen molar-refractivity contribution in [1.82, 2.24) is 29.6 Å². The van der Waals surface area contributed by atoms with Gasteiger partial charge < -0.3 is 25.2 Å². The quantitative estimate of drug-likeness (QED) is 0.413. The molecule has 36 heavy (non-hydrogen) atoms. The number of hydrogen-bond donors (Lipinski definition) is 2. The summed E-state index contributed by atoms with van der Waals surface area (Å²) in [6, 6.07) is 3.69. The number of anilines is 4. The SMILES string of the molecule is C=CC(=O)Nc1cc(Nc2ncnc(-c3cnn4c3CCCC4)n2)c(OC)cc1N(C)CCN(C)C. The zero-order valence-electron chi connectivity index (χ0n) is 21.3. The topological polar surface area (TPSA) is 113 Å². The predicted molar refractivity (Wildman–Crippen MR) is 141 cm³/mol. The second-order valence-corrected chi connectivity index (χ2v) is 8.93. The number of nitrogens with one attached hydrogen (secondary N) is 2. The minimum absolute atomic E-state index is 0.304. The average molecular weight is 492 g/mol. The molecule has 0 radical (unpaired) electrons. The Balaban J connectivity index is 1.66. The monoisotopic (exact) mass is 491 g/mol. The van der Waals surface area contributed by atoms with Gasteiger partial charge in [0.05, 0.1) is 35.9 Å². The fraction of sp³-hybridized carbons (Fsp3) is 0.400. The van der Waals surface area contributed by atoms with E-state index in [2.05, 4.69) is 47.1 Å². The molecule has 1 aliphatic rings. The third-order valence-corrected chi connectivity index (χ3v) is 6.10. The van der Waals surface area contributed by atoms with Crippen molar-refractivity contribution in [3.05, 3.63) is 43.0 Å². The van der Waals surface area contributed by atoms with Gasteiger partial charge in [-0.1, -0.05) is 6.58 Å². The molecule has 1 aliphatic heterocycles. The lowest BCUT2D eigenvalue weighted by molar-refractivity contribution is -0.111. The molecule has 11 nitrogen and oxygen atoms in total. The molecule has 3 aromatic rings. The van der Waals surface area contributed by atoms with Gasteiger partial charge in [0.1, 0.15) is 12.1 Å². The Morgan fingerprint density at radius 2 is 2.03 bits per heavy atom. The molecule has 3 heterocycles. The maximum Gasteiger partial charge on any atom is 0.247 e. The highest BCUT2D eigenvalue weighted by atomic mass is 16.5. The molecular weight excluding hydrogens is 458 g/mol.